The molecule has 42 heavy (non-hydrogen) atoms. The van der Waals surface area contributed by atoms with Crippen LogP contribution in [0.25, 0.3) is 0 Å². The van der Waals surface area contributed by atoms with Crippen molar-refractivity contribution >= 4 is 39.3 Å². The maximum atomic E-state index is 14.1. The highest BCUT2D eigenvalue weighted by Gasteiger charge is 2.33. The molecule has 4 rings (SSSR count). The number of carbonyl (C=O) groups excluding carboxylic acids is 2. The van der Waals surface area contributed by atoms with Crippen LogP contribution in [-0.2, 0) is 26.2 Å². The van der Waals surface area contributed by atoms with Crippen LogP contribution in [0.1, 0.15) is 43.7 Å². The van der Waals surface area contributed by atoms with Gasteiger partial charge in [-0.25, -0.2) is 8.42 Å². The van der Waals surface area contributed by atoms with Gasteiger partial charge in [0.1, 0.15) is 18.3 Å². The number of amides is 2. The molecule has 0 spiro atoms. The number of anilines is 1. The van der Waals surface area contributed by atoms with Crippen LogP contribution in [0, 0.1) is 6.92 Å². The fourth-order valence-electron chi connectivity index (χ4n) is 5.06. The minimum atomic E-state index is -4.11. The van der Waals surface area contributed by atoms with Gasteiger partial charge in [-0.1, -0.05) is 42.7 Å². The number of benzene rings is 3. The Balaban J connectivity index is 1.69. The Morgan fingerprint density at radius 3 is 2.31 bits per heavy atom. The van der Waals surface area contributed by atoms with Crippen molar-refractivity contribution in [2.24, 2.45) is 0 Å². The zero-order valence-corrected chi connectivity index (χ0v) is 26.2. The fourth-order valence-corrected chi connectivity index (χ4v) is 6.88. The van der Waals surface area contributed by atoms with Gasteiger partial charge in [-0.3, -0.25) is 13.9 Å². The van der Waals surface area contributed by atoms with Crippen LogP contribution in [0.2, 0.25) is 0 Å². The Labute approximate surface area is 253 Å². The molecule has 0 heterocycles. The third kappa shape index (κ3) is 7.66. The van der Waals surface area contributed by atoms with Gasteiger partial charge in [0, 0.05) is 17.5 Å². The van der Waals surface area contributed by atoms with Crippen LogP contribution in [0.5, 0.6) is 5.75 Å². The highest BCUT2D eigenvalue weighted by Crippen LogP contribution is 2.27. The Morgan fingerprint density at radius 2 is 1.69 bits per heavy atom. The molecule has 0 unspecified atom stereocenters. The van der Waals surface area contributed by atoms with E-state index in [1.807, 2.05) is 43.5 Å². The van der Waals surface area contributed by atoms with E-state index in [1.54, 1.807) is 56.5 Å². The number of methoxy groups -OCH3 is 1. The molecular formula is C32H39N3O5S2. The summed E-state index contributed by atoms with van der Waals surface area (Å²) in [7, 11) is -2.55. The summed E-state index contributed by atoms with van der Waals surface area (Å²) < 4.78 is 34.5. The van der Waals surface area contributed by atoms with Crippen molar-refractivity contribution in [3.05, 3.63) is 83.9 Å². The van der Waals surface area contributed by atoms with Gasteiger partial charge in [-0.05, 0) is 87.0 Å². The van der Waals surface area contributed by atoms with Crippen LogP contribution in [0.3, 0.4) is 0 Å². The third-order valence-corrected chi connectivity index (χ3v) is 10.1. The van der Waals surface area contributed by atoms with E-state index in [9.17, 15) is 18.0 Å². The number of rotatable bonds is 12. The van der Waals surface area contributed by atoms with Gasteiger partial charge in [-0.2, -0.15) is 0 Å². The zero-order chi connectivity index (χ0) is 30.3. The van der Waals surface area contributed by atoms with E-state index in [0.717, 1.165) is 46.0 Å². The first-order valence-corrected chi connectivity index (χ1v) is 16.7. The summed E-state index contributed by atoms with van der Waals surface area (Å²) in [5.74, 6) is -0.118. The quantitative estimate of drug-likeness (QED) is 0.277. The van der Waals surface area contributed by atoms with Crippen LogP contribution in [0.15, 0.2) is 82.6 Å². The van der Waals surface area contributed by atoms with Crippen LogP contribution in [-0.4, -0.2) is 57.1 Å². The van der Waals surface area contributed by atoms with Crippen molar-refractivity contribution in [3.63, 3.8) is 0 Å². The molecule has 224 valence electrons. The molecule has 1 atom stereocenters. The van der Waals surface area contributed by atoms with Gasteiger partial charge in [0.2, 0.25) is 11.8 Å². The van der Waals surface area contributed by atoms with Crippen molar-refractivity contribution < 1.29 is 22.7 Å². The Kier molecular flexibility index (Phi) is 10.6. The zero-order valence-electron chi connectivity index (χ0n) is 24.6. The predicted octanol–water partition coefficient (Wildman–Crippen LogP) is 5.40. The molecule has 0 aromatic heterocycles. The van der Waals surface area contributed by atoms with E-state index in [0.29, 0.717) is 11.4 Å². The van der Waals surface area contributed by atoms with Crippen LogP contribution < -0.4 is 14.4 Å². The summed E-state index contributed by atoms with van der Waals surface area (Å²) in [5, 5.41) is 3.09. The molecule has 3 aromatic rings. The van der Waals surface area contributed by atoms with E-state index in [2.05, 4.69) is 5.32 Å². The second kappa shape index (κ2) is 14.1. The number of carbonyl (C=O) groups is 2. The first-order valence-electron chi connectivity index (χ1n) is 14.1. The first kappa shape index (κ1) is 31.4. The Morgan fingerprint density at radius 1 is 1.02 bits per heavy atom. The minimum Gasteiger partial charge on any atom is -0.497 e. The number of hydrogen-bond acceptors (Lipinski definition) is 6. The summed E-state index contributed by atoms with van der Waals surface area (Å²) in [4.78, 5) is 29.9. The largest absolute Gasteiger partial charge is 0.497 e. The number of nitrogens with one attached hydrogen (secondary N) is 1. The topological polar surface area (TPSA) is 96.0 Å². The van der Waals surface area contributed by atoms with Crippen LogP contribution in [0.4, 0.5) is 5.69 Å². The second-order valence-electron chi connectivity index (χ2n) is 10.6. The Hall–Kier alpha value is -3.50. The highest BCUT2D eigenvalue weighted by atomic mass is 32.2. The average Bonchev–Trinajstić information content (AvgIpc) is 3.52. The van der Waals surface area contributed by atoms with Gasteiger partial charge in [-0.15, -0.1) is 11.8 Å². The summed E-state index contributed by atoms with van der Waals surface area (Å²) in [5.41, 5.74) is 2.09. The molecule has 1 saturated carbocycles. The average molecular weight is 610 g/mol. The van der Waals surface area contributed by atoms with Crippen LogP contribution >= 0.6 is 11.8 Å². The molecule has 2 amide bonds. The molecule has 0 bridgehead atoms. The lowest BCUT2D eigenvalue weighted by atomic mass is 10.1. The SMILES string of the molecule is COc1cccc(CN(C(=O)CN(c2ccc(C)cc2)S(=O)(=O)c2ccc(SC)cc2)[C@@H](C)C(=O)NC2CCCC2)c1. The number of thioether (sulfide) groups is 1. The molecule has 1 aliphatic rings. The van der Waals surface area contributed by atoms with Crippen molar-refractivity contribution in [3.8, 4) is 5.75 Å². The number of nitrogens with zero attached hydrogens (tertiary/aromatic N) is 2. The van der Waals surface area contributed by atoms with E-state index in [4.69, 9.17) is 4.74 Å². The molecule has 10 heteroatoms. The van der Waals surface area contributed by atoms with E-state index in [1.165, 1.54) is 16.7 Å². The molecule has 0 saturated heterocycles. The van der Waals surface area contributed by atoms with Crippen molar-refractivity contribution in [2.75, 3.05) is 24.2 Å². The number of ether oxygens (including phenoxy) is 1. The predicted molar refractivity (Wildman–Crippen MR) is 167 cm³/mol. The summed E-state index contributed by atoms with van der Waals surface area (Å²) >= 11 is 1.51. The second-order valence-corrected chi connectivity index (χ2v) is 13.3. The summed E-state index contributed by atoms with van der Waals surface area (Å²) in [6, 6.07) is 20.2. The standard InChI is InChI=1S/C32H39N3O5S2/c1-23-12-14-27(15-13-23)35(42(38,39)30-18-16-29(41-4)17-19-30)22-31(36)34(21-25-8-7-11-28(20-25)40-3)24(2)32(37)33-26-9-5-6-10-26/h7-8,11-20,24,26H,5-6,9-10,21-22H2,1-4H3,(H,33,37)/t24-/m0/s1. The summed E-state index contributed by atoms with van der Waals surface area (Å²) in [6.45, 7) is 3.24. The van der Waals surface area contributed by atoms with E-state index in [-0.39, 0.29) is 23.4 Å². The molecule has 0 aliphatic heterocycles. The fraction of sp³-hybridized carbons (Fsp3) is 0.375. The first-order chi connectivity index (χ1) is 20.1. The monoisotopic (exact) mass is 609 g/mol. The smallest absolute Gasteiger partial charge is 0.264 e. The molecule has 1 N–H and O–H groups in total. The van der Waals surface area contributed by atoms with E-state index < -0.39 is 28.5 Å². The normalized spacial score (nSPS) is 14.3. The molecule has 1 aliphatic carbocycles. The van der Waals surface area contributed by atoms with Gasteiger partial charge >= 0.3 is 0 Å². The number of aryl methyl sites for hydroxylation is 1. The number of sulfonamides is 1. The maximum absolute atomic E-state index is 14.1. The molecule has 8 nitrogen and oxygen atoms in total. The summed E-state index contributed by atoms with van der Waals surface area (Å²) in [6.07, 6.45) is 5.87. The van der Waals surface area contributed by atoms with Crippen molar-refractivity contribution in [1.29, 1.82) is 0 Å². The molecule has 3 aromatic carbocycles. The lowest BCUT2D eigenvalue weighted by Gasteiger charge is -2.32. The van der Waals surface area contributed by atoms with Gasteiger partial charge in [0.25, 0.3) is 10.0 Å². The lowest BCUT2D eigenvalue weighted by molar-refractivity contribution is -0.139. The molecular weight excluding hydrogens is 571 g/mol. The highest BCUT2D eigenvalue weighted by molar-refractivity contribution is 7.98. The third-order valence-electron chi connectivity index (χ3n) is 7.60. The Bertz CT molecular complexity index is 1470. The molecule has 1 fully saturated rings. The van der Waals surface area contributed by atoms with Crippen molar-refractivity contribution in [1.82, 2.24) is 10.2 Å². The molecule has 0 radical (unpaired) electrons. The van der Waals surface area contributed by atoms with Gasteiger partial charge < -0.3 is 15.0 Å². The minimum absolute atomic E-state index is 0.0834. The maximum Gasteiger partial charge on any atom is 0.264 e. The van der Waals surface area contributed by atoms with E-state index >= 15 is 0 Å². The van der Waals surface area contributed by atoms with Gasteiger partial charge in [0.05, 0.1) is 17.7 Å². The van der Waals surface area contributed by atoms with Crippen molar-refractivity contribution in [2.45, 2.75) is 68.0 Å². The lowest BCUT2D eigenvalue weighted by Crippen LogP contribution is -2.52. The van der Waals surface area contributed by atoms with Gasteiger partial charge in [0.15, 0.2) is 0 Å². The number of hydrogen-bond donors (Lipinski definition) is 1.